The zero-order valence-corrected chi connectivity index (χ0v) is 13.8. The highest BCUT2D eigenvalue weighted by atomic mass is 19.4. The molecular weight excluding hydrogens is 289 g/mol. The van der Waals surface area contributed by atoms with E-state index in [0.717, 1.165) is 5.56 Å². The summed E-state index contributed by atoms with van der Waals surface area (Å²) >= 11 is 0. The summed E-state index contributed by atoms with van der Waals surface area (Å²) in [5, 5.41) is 0. The Balaban J connectivity index is 2.79. The Morgan fingerprint density at radius 2 is 1.27 bits per heavy atom. The molecule has 0 spiro atoms. The lowest BCUT2D eigenvalue weighted by atomic mass is 9.86. The normalized spacial score (nSPS) is 13.7. The van der Waals surface area contributed by atoms with Gasteiger partial charge >= 0.3 is 6.18 Å². The molecule has 2 rings (SSSR count). The number of alkyl halides is 3. The van der Waals surface area contributed by atoms with Gasteiger partial charge in [-0.15, -0.1) is 0 Å². The van der Waals surface area contributed by atoms with Gasteiger partial charge in [-0.3, -0.25) is 0 Å². The fourth-order valence-electron chi connectivity index (χ4n) is 2.24. The van der Waals surface area contributed by atoms with Crippen molar-refractivity contribution in [1.29, 1.82) is 0 Å². The van der Waals surface area contributed by atoms with Gasteiger partial charge in [-0.05, 0) is 23.1 Å². The number of nitrogens with zero attached hydrogens (tertiary/aromatic N) is 2. The lowest BCUT2D eigenvalue weighted by molar-refractivity contribution is -0.142. The number of halogens is 3. The molecule has 120 valence electrons. The van der Waals surface area contributed by atoms with Crippen LogP contribution in [-0.2, 0) is 17.0 Å². The van der Waals surface area contributed by atoms with E-state index in [1.54, 1.807) is 26.8 Å². The summed E-state index contributed by atoms with van der Waals surface area (Å²) in [5.41, 5.74) is 0.0618. The molecule has 0 aliphatic rings. The Morgan fingerprint density at radius 1 is 0.727 bits per heavy atom. The third-order valence-corrected chi connectivity index (χ3v) is 3.51. The zero-order chi connectivity index (χ0) is 16.9. The van der Waals surface area contributed by atoms with Crippen LogP contribution < -0.4 is 0 Å². The maximum atomic E-state index is 13.3. The van der Waals surface area contributed by atoms with E-state index in [2.05, 4.69) is 30.7 Å². The minimum Gasteiger partial charge on any atom is -0.248 e. The van der Waals surface area contributed by atoms with Crippen LogP contribution in [0.1, 0.15) is 58.5 Å². The molecule has 2 aromatic rings. The van der Waals surface area contributed by atoms with Gasteiger partial charge in [-0.2, -0.15) is 13.2 Å². The van der Waals surface area contributed by atoms with Crippen molar-refractivity contribution in [3.63, 3.8) is 0 Å². The van der Waals surface area contributed by atoms with Gasteiger partial charge in [0.2, 0.25) is 0 Å². The van der Waals surface area contributed by atoms with E-state index in [4.69, 9.17) is 0 Å². The van der Waals surface area contributed by atoms with Gasteiger partial charge in [0.25, 0.3) is 0 Å². The zero-order valence-electron chi connectivity index (χ0n) is 13.8. The highest BCUT2D eigenvalue weighted by Crippen LogP contribution is 2.36. The number of fused-ring (bicyclic) bond motifs is 1. The Hall–Kier alpha value is -1.65. The number of benzene rings is 1. The molecule has 22 heavy (non-hydrogen) atoms. The van der Waals surface area contributed by atoms with Crippen molar-refractivity contribution < 1.29 is 13.2 Å². The first-order valence-electron chi connectivity index (χ1n) is 7.20. The number of aromatic nitrogens is 2. The van der Waals surface area contributed by atoms with Crippen LogP contribution >= 0.6 is 0 Å². The second-order valence-corrected chi connectivity index (χ2v) is 7.62. The smallest absolute Gasteiger partial charge is 0.248 e. The van der Waals surface area contributed by atoms with Crippen LogP contribution in [0.2, 0.25) is 0 Å². The van der Waals surface area contributed by atoms with E-state index >= 15 is 0 Å². The second-order valence-electron chi connectivity index (χ2n) is 7.62. The first-order valence-corrected chi connectivity index (χ1v) is 7.20. The molecule has 0 saturated carbocycles. The number of rotatable bonds is 0. The molecule has 0 atom stereocenters. The third kappa shape index (κ3) is 3.23. The average Bonchev–Trinajstić information content (AvgIpc) is 2.33. The summed E-state index contributed by atoms with van der Waals surface area (Å²) in [6.45, 7) is 11.3. The molecule has 0 N–H and O–H groups in total. The lowest BCUT2D eigenvalue weighted by Gasteiger charge is -2.23. The molecule has 1 heterocycles. The molecular formula is C17H21F3N2. The van der Waals surface area contributed by atoms with Crippen LogP contribution in [0, 0.1) is 0 Å². The van der Waals surface area contributed by atoms with Gasteiger partial charge in [0.15, 0.2) is 5.69 Å². The highest BCUT2D eigenvalue weighted by molar-refractivity contribution is 5.76. The van der Waals surface area contributed by atoms with Gasteiger partial charge in [-0.25, -0.2) is 9.97 Å². The monoisotopic (exact) mass is 310 g/mol. The predicted molar refractivity (Wildman–Crippen MR) is 81.9 cm³/mol. The van der Waals surface area contributed by atoms with E-state index < -0.39 is 17.3 Å². The average molecular weight is 310 g/mol. The van der Waals surface area contributed by atoms with Gasteiger partial charge < -0.3 is 0 Å². The van der Waals surface area contributed by atoms with Gasteiger partial charge in [0, 0.05) is 5.41 Å². The molecule has 0 aliphatic carbocycles. The molecule has 1 aromatic heterocycles. The number of hydrogen-bond donors (Lipinski definition) is 0. The van der Waals surface area contributed by atoms with Crippen LogP contribution in [0.4, 0.5) is 13.2 Å². The summed E-state index contributed by atoms with van der Waals surface area (Å²) in [6.07, 6.45) is -4.51. The van der Waals surface area contributed by atoms with E-state index in [9.17, 15) is 13.2 Å². The molecule has 5 heteroatoms. The molecule has 2 nitrogen and oxygen atoms in total. The van der Waals surface area contributed by atoms with Crippen molar-refractivity contribution in [3.8, 4) is 0 Å². The first-order chi connectivity index (χ1) is 9.80. The van der Waals surface area contributed by atoms with E-state index in [0.29, 0.717) is 5.52 Å². The van der Waals surface area contributed by atoms with Crippen LogP contribution in [0.5, 0.6) is 0 Å². The Bertz CT molecular complexity index is 705. The molecule has 0 radical (unpaired) electrons. The van der Waals surface area contributed by atoms with Crippen LogP contribution in [0.3, 0.4) is 0 Å². The predicted octanol–water partition coefficient (Wildman–Crippen LogP) is 5.24. The topological polar surface area (TPSA) is 25.8 Å². The summed E-state index contributed by atoms with van der Waals surface area (Å²) in [4.78, 5) is 8.15. The van der Waals surface area contributed by atoms with E-state index in [1.165, 1.54) is 0 Å². The van der Waals surface area contributed by atoms with Crippen molar-refractivity contribution >= 4 is 11.0 Å². The minimum atomic E-state index is -4.51. The maximum absolute atomic E-state index is 13.3. The lowest BCUT2D eigenvalue weighted by Crippen LogP contribution is -2.23. The number of hydrogen-bond acceptors (Lipinski definition) is 2. The molecule has 1 aromatic carbocycles. The van der Waals surface area contributed by atoms with Crippen molar-refractivity contribution in [2.45, 2.75) is 58.5 Å². The Morgan fingerprint density at radius 3 is 1.73 bits per heavy atom. The van der Waals surface area contributed by atoms with Gasteiger partial charge in [0.05, 0.1) is 16.7 Å². The molecule has 0 aliphatic heterocycles. The molecule has 0 saturated heterocycles. The third-order valence-electron chi connectivity index (χ3n) is 3.51. The highest BCUT2D eigenvalue weighted by Gasteiger charge is 2.39. The van der Waals surface area contributed by atoms with Gasteiger partial charge in [0.1, 0.15) is 0 Å². The SMILES string of the molecule is CC(C)(C)c1ccc2nc(C(F)(F)F)c(C(C)(C)C)nc2c1. The van der Waals surface area contributed by atoms with Crippen LogP contribution in [0.25, 0.3) is 11.0 Å². The molecule has 0 fully saturated rings. The van der Waals surface area contributed by atoms with Crippen molar-refractivity contribution in [2.75, 3.05) is 0 Å². The van der Waals surface area contributed by atoms with Gasteiger partial charge in [-0.1, -0.05) is 47.6 Å². The summed E-state index contributed by atoms with van der Waals surface area (Å²) in [7, 11) is 0. The van der Waals surface area contributed by atoms with Crippen molar-refractivity contribution in [1.82, 2.24) is 9.97 Å². The largest absolute Gasteiger partial charge is 0.435 e. The standard InChI is InChI=1S/C17H21F3N2/c1-15(2,3)10-7-8-11-12(9-10)22-13(16(4,5)6)14(21-11)17(18,19)20/h7-9H,1-6H3. The van der Waals surface area contributed by atoms with Crippen LogP contribution in [-0.4, -0.2) is 9.97 Å². The molecule has 0 unspecified atom stereocenters. The summed E-state index contributed by atoms with van der Waals surface area (Å²) < 4.78 is 39.8. The summed E-state index contributed by atoms with van der Waals surface area (Å²) in [5.74, 6) is 0. The quantitative estimate of drug-likeness (QED) is 0.664. The Labute approximate surface area is 128 Å². The van der Waals surface area contributed by atoms with E-state index in [-0.39, 0.29) is 16.6 Å². The second kappa shape index (κ2) is 4.93. The van der Waals surface area contributed by atoms with Crippen molar-refractivity contribution in [2.24, 2.45) is 0 Å². The molecule has 0 bridgehead atoms. The first kappa shape index (κ1) is 16.7. The minimum absolute atomic E-state index is 0.0152. The van der Waals surface area contributed by atoms with E-state index in [1.807, 2.05) is 12.1 Å². The maximum Gasteiger partial charge on any atom is 0.435 e. The molecule has 0 amide bonds. The summed E-state index contributed by atoms with van der Waals surface area (Å²) in [6, 6.07) is 5.26. The fraction of sp³-hybridized carbons (Fsp3) is 0.529. The Kier molecular flexibility index (Phi) is 3.75. The van der Waals surface area contributed by atoms with Crippen molar-refractivity contribution in [3.05, 3.63) is 35.2 Å². The van der Waals surface area contributed by atoms with Crippen LogP contribution in [0.15, 0.2) is 18.2 Å². The fourth-order valence-corrected chi connectivity index (χ4v) is 2.24.